The lowest BCUT2D eigenvalue weighted by Gasteiger charge is -2.20. The summed E-state index contributed by atoms with van der Waals surface area (Å²) in [7, 11) is 1.61. The van der Waals surface area contributed by atoms with E-state index in [9.17, 15) is 4.79 Å². The van der Waals surface area contributed by atoms with E-state index in [0.29, 0.717) is 6.61 Å². The summed E-state index contributed by atoms with van der Waals surface area (Å²) in [6.45, 7) is 5.95. The van der Waals surface area contributed by atoms with Crippen molar-refractivity contribution in [3.63, 3.8) is 0 Å². The summed E-state index contributed by atoms with van der Waals surface area (Å²) in [5.74, 6) is -0.0897. The van der Waals surface area contributed by atoms with Crippen molar-refractivity contribution in [3.8, 4) is 5.75 Å². The summed E-state index contributed by atoms with van der Waals surface area (Å²) in [5, 5.41) is 8.86. The van der Waals surface area contributed by atoms with Crippen LogP contribution in [0.4, 0.5) is 0 Å². The molecule has 0 fully saturated rings. The van der Waals surface area contributed by atoms with Gasteiger partial charge < -0.3 is 14.6 Å². The summed E-state index contributed by atoms with van der Waals surface area (Å²) in [5.41, 5.74) is 0.979. The highest BCUT2D eigenvalue weighted by Crippen LogP contribution is 2.17. The maximum atomic E-state index is 10.8. The van der Waals surface area contributed by atoms with Crippen molar-refractivity contribution in [3.05, 3.63) is 42.5 Å². The number of carbonyl (C=O) groups is 1. The second-order valence-electron chi connectivity index (χ2n) is 4.39. The van der Waals surface area contributed by atoms with Crippen molar-refractivity contribution in [2.45, 2.75) is 26.1 Å². The average Bonchev–Trinajstić information content (AvgIpc) is 2.42. The van der Waals surface area contributed by atoms with Crippen molar-refractivity contribution in [2.75, 3.05) is 7.11 Å². The fourth-order valence-corrected chi connectivity index (χ4v) is 1.65. The largest absolute Gasteiger partial charge is 0.497 e. The number of rotatable bonds is 8. The molecule has 4 nitrogen and oxygen atoms in total. The van der Waals surface area contributed by atoms with Crippen LogP contribution in [0.25, 0.3) is 0 Å². The van der Waals surface area contributed by atoms with E-state index in [1.54, 1.807) is 13.2 Å². The second-order valence-corrected chi connectivity index (χ2v) is 4.39. The first-order valence-corrected chi connectivity index (χ1v) is 6.15. The fraction of sp³-hybridized carbons (Fsp3) is 0.400. The Labute approximate surface area is 113 Å². The summed E-state index contributed by atoms with van der Waals surface area (Å²) >= 11 is 0. The van der Waals surface area contributed by atoms with Crippen LogP contribution in [0.15, 0.2) is 36.9 Å². The summed E-state index contributed by atoms with van der Waals surface area (Å²) in [6, 6.07) is 7.49. The molecule has 0 bridgehead atoms. The summed E-state index contributed by atoms with van der Waals surface area (Å²) in [6.07, 6.45) is 1.32. The van der Waals surface area contributed by atoms with E-state index < -0.39 is 5.97 Å². The number of benzene rings is 1. The van der Waals surface area contributed by atoms with Crippen molar-refractivity contribution in [1.29, 1.82) is 0 Å². The molecule has 19 heavy (non-hydrogen) atoms. The molecule has 0 heterocycles. The number of ether oxygens (including phenoxy) is 2. The smallest absolute Gasteiger partial charge is 0.306 e. The van der Waals surface area contributed by atoms with E-state index in [0.717, 1.165) is 11.3 Å². The normalized spacial score (nSPS) is 13.6. The van der Waals surface area contributed by atoms with Crippen LogP contribution in [0, 0.1) is 5.92 Å². The van der Waals surface area contributed by atoms with Gasteiger partial charge in [-0.3, -0.25) is 4.79 Å². The quantitative estimate of drug-likeness (QED) is 0.733. The number of carboxylic acid groups (broad SMARTS) is 1. The van der Waals surface area contributed by atoms with Crippen molar-refractivity contribution in [1.82, 2.24) is 0 Å². The van der Waals surface area contributed by atoms with Crippen LogP contribution >= 0.6 is 0 Å². The van der Waals surface area contributed by atoms with E-state index in [-0.39, 0.29) is 18.4 Å². The molecule has 0 aliphatic carbocycles. The maximum absolute atomic E-state index is 10.8. The molecule has 0 radical (unpaired) electrons. The van der Waals surface area contributed by atoms with Gasteiger partial charge in [-0.1, -0.05) is 25.1 Å². The molecule has 1 N–H and O–H groups in total. The van der Waals surface area contributed by atoms with Crippen LogP contribution in [0.5, 0.6) is 5.75 Å². The van der Waals surface area contributed by atoms with Gasteiger partial charge in [-0.25, -0.2) is 0 Å². The van der Waals surface area contributed by atoms with E-state index in [1.165, 1.54) is 0 Å². The standard InChI is InChI=1S/C15H20O4/c1-4-11(2)14(9-15(16)17)19-10-12-5-7-13(18-3)8-6-12/h4-8,11,14H,1,9-10H2,2-3H3,(H,16,17)/t11-,14-/m0/s1. The summed E-state index contributed by atoms with van der Waals surface area (Å²) in [4.78, 5) is 10.8. The molecule has 0 aliphatic heterocycles. The molecule has 0 amide bonds. The Hall–Kier alpha value is -1.81. The minimum atomic E-state index is -0.867. The number of aliphatic carboxylic acids is 1. The Morgan fingerprint density at radius 3 is 2.53 bits per heavy atom. The lowest BCUT2D eigenvalue weighted by atomic mass is 10.0. The van der Waals surface area contributed by atoms with Gasteiger partial charge >= 0.3 is 5.97 Å². The number of carboxylic acids is 1. The molecule has 0 aliphatic rings. The van der Waals surface area contributed by atoms with Gasteiger partial charge in [0.1, 0.15) is 5.75 Å². The lowest BCUT2D eigenvalue weighted by Crippen LogP contribution is -2.23. The zero-order valence-electron chi connectivity index (χ0n) is 11.3. The minimum Gasteiger partial charge on any atom is -0.497 e. The van der Waals surface area contributed by atoms with Crippen LogP contribution in [0.1, 0.15) is 18.9 Å². The third kappa shape index (κ3) is 5.14. The van der Waals surface area contributed by atoms with Gasteiger partial charge in [0, 0.05) is 5.92 Å². The highest BCUT2D eigenvalue weighted by atomic mass is 16.5. The van der Waals surface area contributed by atoms with Gasteiger partial charge in [0.25, 0.3) is 0 Å². The van der Waals surface area contributed by atoms with Crippen LogP contribution in [0.3, 0.4) is 0 Å². The topological polar surface area (TPSA) is 55.8 Å². The highest BCUT2D eigenvalue weighted by molar-refractivity contribution is 5.67. The zero-order valence-corrected chi connectivity index (χ0v) is 11.3. The van der Waals surface area contributed by atoms with Gasteiger partial charge in [0.15, 0.2) is 0 Å². The van der Waals surface area contributed by atoms with E-state index in [1.807, 2.05) is 31.2 Å². The molecule has 1 aromatic carbocycles. The molecule has 4 heteroatoms. The Morgan fingerprint density at radius 2 is 2.05 bits per heavy atom. The van der Waals surface area contributed by atoms with Crippen LogP contribution in [0.2, 0.25) is 0 Å². The van der Waals surface area contributed by atoms with Gasteiger partial charge in [-0.05, 0) is 17.7 Å². The molecular weight excluding hydrogens is 244 g/mol. The second kappa shape index (κ2) is 7.59. The molecule has 0 saturated heterocycles. The third-order valence-corrected chi connectivity index (χ3v) is 2.96. The number of hydrogen-bond acceptors (Lipinski definition) is 3. The first-order chi connectivity index (χ1) is 9.06. The summed E-state index contributed by atoms with van der Waals surface area (Å²) < 4.78 is 10.7. The Morgan fingerprint density at radius 1 is 1.42 bits per heavy atom. The zero-order chi connectivity index (χ0) is 14.3. The van der Waals surface area contributed by atoms with Crippen molar-refractivity contribution in [2.24, 2.45) is 5.92 Å². The Bertz CT molecular complexity index is 411. The van der Waals surface area contributed by atoms with Gasteiger partial charge in [-0.15, -0.1) is 6.58 Å². The Balaban J connectivity index is 2.58. The van der Waals surface area contributed by atoms with Crippen molar-refractivity contribution >= 4 is 5.97 Å². The molecule has 104 valence electrons. The molecular formula is C15H20O4. The average molecular weight is 264 g/mol. The number of hydrogen-bond donors (Lipinski definition) is 1. The third-order valence-electron chi connectivity index (χ3n) is 2.96. The SMILES string of the molecule is C=C[C@H](C)[C@H](CC(=O)O)OCc1ccc(OC)cc1. The van der Waals surface area contributed by atoms with Gasteiger partial charge in [0.05, 0.1) is 26.2 Å². The van der Waals surface area contributed by atoms with Crippen LogP contribution < -0.4 is 4.74 Å². The first-order valence-electron chi connectivity index (χ1n) is 6.15. The maximum Gasteiger partial charge on any atom is 0.306 e. The minimum absolute atomic E-state index is 0.00523. The van der Waals surface area contributed by atoms with Crippen molar-refractivity contribution < 1.29 is 19.4 Å². The predicted octanol–water partition coefficient (Wildman–Crippen LogP) is 2.88. The molecule has 1 rings (SSSR count). The van der Waals surface area contributed by atoms with Gasteiger partial charge in [0.2, 0.25) is 0 Å². The van der Waals surface area contributed by atoms with E-state index in [2.05, 4.69) is 6.58 Å². The lowest BCUT2D eigenvalue weighted by molar-refractivity contribution is -0.141. The number of methoxy groups -OCH3 is 1. The monoisotopic (exact) mass is 264 g/mol. The molecule has 0 aromatic heterocycles. The predicted molar refractivity (Wildman–Crippen MR) is 73.2 cm³/mol. The van der Waals surface area contributed by atoms with E-state index in [4.69, 9.17) is 14.6 Å². The molecule has 1 aromatic rings. The molecule has 0 spiro atoms. The fourth-order valence-electron chi connectivity index (χ4n) is 1.65. The molecule has 0 unspecified atom stereocenters. The van der Waals surface area contributed by atoms with E-state index >= 15 is 0 Å². The van der Waals surface area contributed by atoms with Gasteiger partial charge in [-0.2, -0.15) is 0 Å². The van der Waals surface area contributed by atoms with Crippen LogP contribution in [-0.2, 0) is 16.1 Å². The Kier molecular flexibility index (Phi) is 6.09. The molecule has 2 atom stereocenters. The molecule has 0 saturated carbocycles. The first kappa shape index (κ1) is 15.2. The van der Waals surface area contributed by atoms with Crippen LogP contribution in [-0.4, -0.2) is 24.3 Å². The highest BCUT2D eigenvalue weighted by Gasteiger charge is 2.18.